The monoisotopic (exact) mass is 366 g/mol. The number of aliphatic hydroxyl groups excluding tert-OH is 2. The van der Waals surface area contributed by atoms with Crippen LogP contribution in [-0.2, 0) is 6.54 Å². The molecule has 140 valence electrons. The summed E-state index contributed by atoms with van der Waals surface area (Å²) >= 11 is 0. The molecule has 1 aliphatic carbocycles. The van der Waals surface area contributed by atoms with Crippen LogP contribution in [0.15, 0.2) is 48.9 Å². The molecule has 1 aromatic carbocycles. The highest BCUT2D eigenvalue weighted by Crippen LogP contribution is 2.37. The predicted octanol–water partition coefficient (Wildman–Crippen LogP) is 1.67. The Morgan fingerprint density at radius 2 is 2.11 bits per heavy atom. The second kappa shape index (κ2) is 7.46. The number of hydrogen-bond acceptors (Lipinski definition) is 5. The van der Waals surface area contributed by atoms with Crippen molar-refractivity contribution in [2.75, 3.05) is 6.61 Å². The summed E-state index contributed by atoms with van der Waals surface area (Å²) in [4.78, 5) is 21.6. The summed E-state index contributed by atoms with van der Waals surface area (Å²) in [5.74, 6) is -0.0167. The Balaban J connectivity index is 1.56. The second-order valence-electron chi connectivity index (χ2n) is 6.96. The Kier molecular flexibility index (Phi) is 4.87. The average molecular weight is 366 g/mol. The number of aromatic nitrogens is 3. The normalized spacial score (nSPS) is 20.2. The Morgan fingerprint density at radius 3 is 2.81 bits per heavy atom. The largest absolute Gasteiger partial charge is 0.395 e. The van der Waals surface area contributed by atoms with E-state index in [9.17, 15) is 9.90 Å². The van der Waals surface area contributed by atoms with E-state index in [1.54, 1.807) is 24.7 Å². The standard InChI is InChI=1S/C20H22N4O3/c25-8-7-24-12-22-17-11-13(4-5-18(17)24)20(27)23-19(14-9-15(26)10-14)16-3-1-2-6-21-16/h1-6,11-12,14-15,19,25-26H,7-10H2,(H,23,27). The molecule has 7 heteroatoms. The molecule has 1 saturated carbocycles. The van der Waals surface area contributed by atoms with Gasteiger partial charge in [-0.1, -0.05) is 6.07 Å². The van der Waals surface area contributed by atoms with Crippen molar-refractivity contribution in [1.82, 2.24) is 19.9 Å². The van der Waals surface area contributed by atoms with Crippen LogP contribution in [0.5, 0.6) is 0 Å². The third-order valence-corrected chi connectivity index (χ3v) is 5.14. The highest BCUT2D eigenvalue weighted by Gasteiger charge is 2.36. The average Bonchev–Trinajstić information content (AvgIpc) is 3.07. The van der Waals surface area contributed by atoms with Gasteiger partial charge >= 0.3 is 0 Å². The van der Waals surface area contributed by atoms with Gasteiger partial charge in [-0.25, -0.2) is 4.98 Å². The van der Waals surface area contributed by atoms with Gasteiger partial charge in [-0.2, -0.15) is 0 Å². The minimum absolute atomic E-state index is 0.0344. The topological polar surface area (TPSA) is 100 Å². The number of nitrogens with zero attached hydrogens (tertiary/aromatic N) is 3. The summed E-state index contributed by atoms with van der Waals surface area (Å²) in [5, 5.41) is 21.9. The first-order chi connectivity index (χ1) is 13.2. The number of amides is 1. The lowest BCUT2D eigenvalue weighted by Gasteiger charge is -2.37. The van der Waals surface area contributed by atoms with Gasteiger partial charge in [0.15, 0.2) is 0 Å². The number of carbonyl (C=O) groups excluding carboxylic acids is 1. The molecule has 0 saturated heterocycles. The predicted molar refractivity (Wildman–Crippen MR) is 100.0 cm³/mol. The maximum Gasteiger partial charge on any atom is 0.251 e. The summed E-state index contributed by atoms with van der Waals surface area (Å²) in [5.41, 5.74) is 2.92. The van der Waals surface area contributed by atoms with Gasteiger partial charge in [-0.15, -0.1) is 0 Å². The fraction of sp³-hybridized carbons (Fsp3) is 0.350. The maximum atomic E-state index is 12.9. The molecule has 1 unspecified atom stereocenters. The number of imidazole rings is 1. The zero-order valence-corrected chi connectivity index (χ0v) is 14.8. The van der Waals surface area contributed by atoms with Gasteiger partial charge in [-0.3, -0.25) is 9.78 Å². The van der Waals surface area contributed by atoms with E-state index in [4.69, 9.17) is 5.11 Å². The zero-order valence-electron chi connectivity index (χ0n) is 14.8. The minimum Gasteiger partial charge on any atom is -0.395 e. The van der Waals surface area contributed by atoms with Crippen molar-refractivity contribution in [3.63, 3.8) is 0 Å². The van der Waals surface area contributed by atoms with Crippen molar-refractivity contribution in [1.29, 1.82) is 0 Å². The first kappa shape index (κ1) is 17.6. The number of aliphatic hydroxyl groups is 2. The molecule has 2 heterocycles. The van der Waals surface area contributed by atoms with E-state index in [0.29, 0.717) is 30.5 Å². The van der Waals surface area contributed by atoms with Crippen LogP contribution in [0.25, 0.3) is 11.0 Å². The van der Waals surface area contributed by atoms with E-state index < -0.39 is 0 Å². The lowest BCUT2D eigenvalue weighted by molar-refractivity contribution is 0.0228. The van der Waals surface area contributed by atoms with Crippen LogP contribution in [-0.4, -0.2) is 43.4 Å². The van der Waals surface area contributed by atoms with Crippen LogP contribution >= 0.6 is 0 Å². The lowest BCUT2D eigenvalue weighted by Crippen LogP contribution is -2.41. The summed E-state index contributed by atoms with van der Waals surface area (Å²) < 4.78 is 1.85. The quantitative estimate of drug-likeness (QED) is 0.616. The van der Waals surface area contributed by atoms with Gasteiger partial charge in [0.05, 0.1) is 41.8 Å². The van der Waals surface area contributed by atoms with Crippen molar-refractivity contribution in [3.05, 3.63) is 60.2 Å². The molecule has 0 bridgehead atoms. The van der Waals surface area contributed by atoms with Crippen LogP contribution in [0, 0.1) is 5.92 Å². The number of hydrogen-bond donors (Lipinski definition) is 3. The molecule has 3 N–H and O–H groups in total. The van der Waals surface area contributed by atoms with E-state index in [1.165, 1.54) is 0 Å². The van der Waals surface area contributed by atoms with E-state index in [0.717, 1.165) is 11.2 Å². The molecule has 27 heavy (non-hydrogen) atoms. The number of fused-ring (bicyclic) bond motifs is 1. The smallest absolute Gasteiger partial charge is 0.251 e. The minimum atomic E-state index is -0.301. The molecule has 0 spiro atoms. The highest BCUT2D eigenvalue weighted by atomic mass is 16.3. The van der Waals surface area contributed by atoms with Crippen molar-refractivity contribution in [2.24, 2.45) is 5.92 Å². The number of nitrogens with one attached hydrogen (secondary N) is 1. The van der Waals surface area contributed by atoms with Crippen LogP contribution < -0.4 is 5.32 Å². The zero-order chi connectivity index (χ0) is 18.8. The summed E-state index contributed by atoms with van der Waals surface area (Å²) in [6, 6.07) is 10.8. The van der Waals surface area contributed by atoms with E-state index >= 15 is 0 Å². The maximum absolute atomic E-state index is 12.9. The number of pyridine rings is 1. The van der Waals surface area contributed by atoms with Gasteiger partial charge in [0.25, 0.3) is 5.91 Å². The van der Waals surface area contributed by atoms with Crippen LogP contribution in [0.4, 0.5) is 0 Å². The van der Waals surface area contributed by atoms with Gasteiger partial charge in [-0.05, 0) is 49.1 Å². The molecule has 1 aliphatic rings. The van der Waals surface area contributed by atoms with Gasteiger partial charge in [0.1, 0.15) is 0 Å². The van der Waals surface area contributed by atoms with Crippen molar-refractivity contribution >= 4 is 16.9 Å². The number of carbonyl (C=O) groups is 1. The van der Waals surface area contributed by atoms with Crippen LogP contribution in [0.2, 0.25) is 0 Å². The van der Waals surface area contributed by atoms with Gasteiger partial charge in [0.2, 0.25) is 0 Å². The van der Waals surface area contributed by atoms with Crippen molar-refractivity contribution in [2.45, 2.75) is 31.5 Å². The lowest BCUT2D eigenvalue weighted by atomic mass is 9.76. The molecule has 4 rings (SSSR count). The number of rotatable bonds is 6. The summed E-state index contributed by atoms with van der Waals surface area (Å²) in [6.07, 6.45) is 4.39. The van der Waals surface area contributed by atoms with E-state index in [-0.39, 0.29) is 30.6 Å². The molecule has 1 fully saturated rings. The van der Waals surface area contributed by atoms with Crippen molar-refractivity contribution < 1.29 is 15.0 Å². The molecule has 1 atom stereocenters. The molecular weight excluding hydrogens is 344 g/mol. The summed E-state index contributed by atoms with van der Waals surface area (Å²) in [6.45, 7) is 0.500. The first-order valence-corrected chi connectivity index (χ1v) is 9.11. The Bertz CT molecular complexity index is 935. The molecule has 0 aliphatic heterocycles. The third kappa shape index (κ3) is 3.56. The van der Waals surface area contributed by atoms with E-state index in [1.807, 2.05) is 28.8 Å². The van der Waals surface area contributed by atoms with Crippen molar-refractivity contribution in [3.8, 4) is 0 Å². The molecular formula is C20H22N4O3. The van der Waals surface area contributed by atoms with Gasteiger partial charge in [0, 0.05) is 18.3 Å². The Morgan fingerprint density at radius 1 is 1.26 bits per heavy atom. The first-order valence-electron chi connectivity index (χ1n) is 9.11. The fourth-order valence-corrected chi connectivity index (χ4v) is 3.61. The molecule has 1 amide bonds. The van der Waals surface area contributed by atoms with Crippen LogP contribution in [0.1, 0.15) is 34.9 Å². The third-order valence-electron chi connectivity index (χ3n) is 5.14. The van der Waals surface area contributed by atoms with E-state index in [2.05, 4.69) is 15.3 Å². The number of benzene rings is 1. The molecule has 3 aromatic rings. The Hall–Kier alpha value is -2.77. The molecule has 0 radical (unpaired) electrons. The molecule has 2 aromatic heterocycles. The highest BCUT2D eigenvalue weighted by molar-refractivity contribution is 5.97. The fourth-order valence-electron chi connectivity index (χ4n) is 3.61. The van der Waals surface area contributed by atoms with Gasteiger partial charge < -0.3 is 20.1 Å². The second-order valence-corrected chi connectivity index (χ2v) is 6.96. The summed E-state index contributed by atoms with van der Waals surface area (Å²) in [7, 11) is 0. The van der Waals surface area contributed by atoms with Crippen LogP contribution in [0.3, 0.4) is 0 Å². The molecule has 7 nitrogen and oxygen atoms in total. The SMILES string of the molecule is O=C(NC(c1ccccn1)C1CC(O)C1)c1ccc2c(c1)ncn2CCO. The Labute approximate surface area is 156 Å².